The Kier molecular flexibility index (Phi) is 4.82. The third-order valence-corrected chi connectivity index (χ3v) is 3.35. The Morgan fingerprint density at radius 2 is 1.88 bits per heavy atom. The minimum Gasteiger partial charge on any atom is -0.318 e. The van der Waals surface area contributed by atoms with Gasteiger partial charge in [0.25, 0.3) is 5.91 Å². The van der Waals surface area contributed by atoms with E-state index in [9.17, 15) is 9.18 Å². The first-order valence-electron chi connectivity index (χ1n) is 7.59. The normalized spacial score (nSPS) is 9.84. The molecule has 0 aliphatic rings. The van der Waals surface area contributed by atoms with Gasteiger partial charge >= 0.3 is 0 Å². The van der Waals surface area contributed by atoms with Crippen molar-refractivity contribution in [2.75, 3.05) is 5.32 Å². The molecule has 0 aliphatic carbocycles. The van der Waals surface area contributed by atoms with Gasteiger partial charge in [0, 0.05) is 23.0 Å². The Morgan fingerprint density at radius 1 is 1.08 bits per heavy atom. The molecular weight excluding hydrogens is 317 g/mol. The molecule has 2 aromatic heterocycles. The highest BCUT2D eigenvalue weighted by Gasteiger charge is 2.10. The highest BCUT2D eigenvalue weighted by molar-refractivity contribution is 6.04. The van der Waals surface area contributed by atoms with Crippen LogP contribution in [-0.4, -0.2) is 15.9 Å². The molecule has 0 saturated heterocycles. The molecular formula is C20H14FN3O. The van der Waals surface area contributed by atoms with Gasteiger partial charge in [0.15, 0.2) is 0 Å². The van der Waals surface area contributed by atoms with Gasteiger partial charge in [0.05, 0.1) is 5.69 Å². The average Bonchev–Trinajstić information content (AvgIpc) is 2.63. The fourth-order valence-electron chi connectivity index (χ4n) is 2.14. The number of aromatic nitrogens is 2. The fraction of sp³-hybridized carbons (Fsp3) is 0.0500. The van der Waals surface area contributed by atoms with Gasteiger partial charge in [-0.15, -0.1) is 0 Å². The van der Waals surface area contributed by atoms with E-state index >= 15 is 0 Å². The summed E-state index contributed by atoms with van der Waals surface area (Å²) in [6.07, 6.45) is 1.32. The van der Waals surface area contributed by atoms with Crippen LogP contribution in [0.4, 0.5) is 10.1 Å². The van der Waals surface area contributed by atoms with Crippen molar-refractivity contribution in [2.45, 2.75) is 6.92 Å². The number of amides is 1. The molecule has 4 nitrogen and oxygen atoms in total. The number of anilines is 1. The van der Waals surface area contributed by atoms with Crippen LogP contribution in [0.2, 0.25) is 0 Å². The summed E-state index contributed by atoms with van der Waals surface area (Å²) >= 11 is 0. The van der Waals surface area contributed by atoms with E-state index in [1.54, 1.807) is 36.4 Å². The molecule has 25 heavy (non-hydrogen) atoms. The molecule has 1 N–H and O–H groups in total. The van der Waals surface area contributed by atoms with E-state index in [1.165, 1.54) is 12.3 Å². The van der Waals surface area contributed by atoms with Gasteiger partial charge in [-0.2, -0.15) is 4.39 Å². The van der Waals surface area contributed by atoms with Crippen molar-refractivity contribution in [2.24, 2.45) is 0 Å². The molecule has 1 amide bonds. The Labute approximate surface area is 144 Å². The number of halogens is 1. The molecule has 122 valence electrons. The zero-order valence-electron chi connectivity index (χ0n) is 13.5. The summed E-state index contributed by atoms with van der Waals surface area (Å²) in [4.78, 5) is 20.1. The number of hydrogen-bond acceptors (Lipinski definition) is 3. The van der Waals surface area contributed by atoms with Crippen molar-refractivity contribution < 1.29 is 9.18 Å². The van der Waals surface area contributed by atoms with Gasteiger partial charge in [-0.25, -0.2) is 9.97 Å². The zero-order chi connectivity index (χ0) is 17.6. The highest BCUT2D eigenvalue weighted by Crippen LogP contribution is 2.14. The van der Waals surface area contributed by atoms with Crippen LogP contribution in [0.3, 0.4) is 0 Å². The zero-order valence-corrected chi connectivity index (χ0v) is 13.5. The second-order valence-electron chi connectivity index (χ2n) is 5.30. The van der Waals surface area contributed by atoms with Crippen LogP contribution in [-0.2, 0) is 0 Å². The van der Waals surface area contributed by atoms with Crippen LogP contribution in [0, 0.1) is 24.7 Å². The molecule has 0 aliphatic heterocycles. The van der Waals surface area contributed by atoms with Crippen molar-refractivity contribution >= 4 is 11.6 Å². The molecule has 3 rings (SSSR count). The Bertz CT molecular complexity index is 975. The van der Waals surface area contributed by atoms with E-state index in [1.807, 2.05) is 19.1 Å². The monoisotopic (exact) mass is 331 g/mol. The molecule has 0 atom stereocenters. The molecule has 0 bridgehead atoms. The summed E-state index contributed by atoms with van der Waals surface area (Å²) in [5, 5.41) is 2.51. The lowest BCUT2D eigenvalue weighted by Crippen LogP contribution is -2.13. The van der Waals surface area contributed by atoms with E-state index in [4.69, 9.17) is 0 Å². The predicted octanol–water partition coefficient (Wildman–Crippen LogP) is 3.58. The molecule has 0 radical (unpaired) electrons. The van der Waals surface area contributed by atoms with Crippen molar-refractivity contribution in [3.63, 3.8) is 0 Å². The van der Waals surface area contributed by atoms with E-state index in [0.29, 0.717) is 16.8 Å². The van der Waals surface area contributed by atoms with Gasteiger partial charge < -0.3 is 5.32 Å². The van der Waals surface area contributed by atoms with Gasteiger partial charge in [-0.1, -0.05) is 30.2 Å². The number of rotatable bonds is 2. The second kappa shape index (κ2) is 7.37. The predicted molar refractivity (Wildman–Crippen MR) is 93.5 cm³/mol. The van der Waals surface area contributed by atoms with Crippen LogP contribution in [0.1, 0.15) is 27.3 Å². The minimum absolute atomic E-state index is 0.0159. The van der Waals surface area contributed by atoms with Crippen LogP contribution in [0.25, 0.3) is 0 Å². The van der Waals surface area contributed by atoms with Gasteiger partial charge in [0.2, 0.25) is 5.95 Å². The first-order chi connectivity index (χ1) is 12.1. The molecule has 0 unspecified atom stereocenters. The first kappa shape index (κ1) is 16.3. The minimum atomic E-state index is -0.761. The summed E-state index contributed by atoms with van der Waals surface area (Å²) in [7, 11) is 0. The lowest BCUT2D eigenvalue weighted by molar-refractivity contribution is 0.102. The summed E-state index contributed by atoms with van der Waals surface area (Å²) in [6.45, 7) is 1.88. The summed E-state index contributed by atoms with van der Waals surface area (Å²) in [6, 6.07) is 15.5. The third kappa shape index (κ3) is 4.27. The molecule has 0 saturated carbocycles. The van der Waals surface area contributed by atoms with Crippen LogP contribution in [0.15, 0.2) is 60.8 Å². The topological polar surface area (TPSA) is 54.9 Å². The number of pyridine rings is 2. The number of benzene rings is 1. The number of hydrogen-bond donors (Lipinski definition) is 1. The number of aryl methyl sites for hydroxylation is 1. The molecule has 2 heterocycles. The SMILES string of the molecule is Cc1cccc(C#Cc2cnc(F)c(NC(=O)c3ccccc3)c2)n1. The average molecular weight is 331 g/mol. The maximum absolute atomic E-state index is 13.9. The van der Waals surface area contributed by atoms with Gasteiger partial charge in [-0.05, 0) is 43.2 Å². The van der Waals surface area contributed by atoms with Crippen LogP contribution in [0.5, 0.6) is 0 Å². The fourth-order valence-corrected chi connectivity index (χ4v) is 2.14. The van der Waals surface area contributed by atoms with Crippen molar-refractivity contribution in [1.82, 2.24) is 9.97 Å². The Hall–Kier alpha value is -3.52. The van der Waals surface area contributed by atoms with E-state index in [0.717, 1.165) is 5.69 Å². The molecule has 1 aromatic carbocycles. The van der Waals surface area contributed by atoms with Crippen molar-refractivity contribution in [3.05, 3.63) is 89.3 Å². The molecule has 0 spiro atoms. The van der Waals surface area contributed by atoms with E-state index in [2.05, 4.69) is 27.1 Å². The summed E-state index contributed by atoms with van der Waals surface area (Å²) in [5.74, 6) is 4.60. The standard InChI is InChI=1S/C20H14FN3O/c1-14-6-5-9-17(23-14)11-10-15-12-18(19(21)22-13-15)24-20(25)16-7-3-2-4-8-16/h2-9,12-13H,1H3,(H,24,25). The van der Waals surface area contributed by atoms with E-state index < -0.39 is 11.9 Å². The summed E-state index contributed by atoms with van der Waals surface area (Å²) < 4.78 is 13.9. The quantitative estimate of drug-likeness (QED) is 0.577. The van der Waals surface area contributed by atoms with Crippen molar-refractivity contribution in [1.29, 1.82) is 0 Å². The number of nitrogens with one attached hydrogen (secondary N) is 1. The number of carbonyl (C=O) groups is 1. The Morgan fingerprint density at radius 3 is 2.64 bits per heavy atom. The first-order valence-corrected chi connectivity index (χ1v) is 7.59. The lowest BCUT2D eigenvalue weighted by atomic mass is 10.2. The smallest absolute Gasteiger partial charge is 0.255 e. The van der Waals surface area contributed by atoms with Gasteiger partial charge in [0.1, 0.15) is 5.69 Å². The number of carbonyl (C=O) groups excluding carboxylic acids is 1. The maximum Gasteiger partial charge on any atom is 0.255 e. The van der Waals surface area contributed by atoms with E-state index in [-0.39, 0.29) is 5.69 Å². The largest absolute Gasteiger partial charge is 0.318 e. The summed E-state index contributed by atoms with van der Waals surface area (Å²) in [5.41, 5.74) is 2.37. The second-order valence-corrected chi connectivity index (χ2v) is 5.30. The lowest BCUT2D eigenvalue weighted by Gasteiger charge is -2.06. The maximum atomic E-state index is 13.9. The highest BCUT2D eigenvalue weighted by atomic mass is 19.1. The van der Waals surface area contributed by atoms with Gasteiger partial charge in [-0.3, -0.25) is 4.79 Å². The third-order valence-electron chi connectivity index (χ3n) is 3.35. The Balaban J connectivity index is 1.83. The molecule has 3 aromatic rings. The van der Waals surface area contributed by atoms with Crippen LogP contribution >= 0.6 is 0 Å². The van der Waals surface area contributed by atoms with Crippen molar-refractivity contribution in [3.8, 4) is 11.8 Å². The van der Waals surface area contributed by atoms with Crippen LogP contribution < -0.4 is 5.32 Å². The molecule has 5 heteroatoms. The molecule has 0 fully saturated rings. The number of nitrogens with zero attached hydrogens (tertiary/aromatic N) is 2.